The summed E-state index contributed by atoms with van der Waals surface area (Å²) >= 11 is 0. The van der Waals surface area contributed by atoms with Gasteiger partial charge in [0.25, 0.3) is 0 Å². The van der Waals surface area contributed by atoms with E-state index < -0.39 is 0 Å². The van der Waals surface area contributed by atoms with Gasteiger partial charge in [0, 0.05) is 30.8 Å². The number of benzene rings is 1. The van der Waals surface area contributed by atoms with E-state index in [0.717, 1.165) is 42.4 Å². The van der Waals surface area contributed by atoms with Gasteiger partial charge in [0.15, 0.2) is 0 Å². The molecule has 2 aromatic rings. The number of hydrogen-bond acceptors (Lipinski definition) is 4. The quantitative estimate of drug-likeness (QED) is 0.937. The number of primary amides is 1. The molecule has 5 nitrogen and oxygen atoms in total. The number of nitrogens with two attached hydrogens (primary N) is 1. The first-order chi connectivity index (χ1) is 11.6. The van der Waals surface area contributed by atoms with Gasteiger partial charge < -0.3 is 10.6 Å². The van der Waals surface area contributed by atoms with Gasteiger partial charge in [-0.3, -0.25) is 4.79 Å². The highest BCUT2D eigenvalue weighted by Gasteiger charge is 2.28. The third kappa shape index (κ3) is 2.98. The Morgan fingerprint density at radius 2 is 2.17 bits per heavy atom. The first-order valence-electron chi connectivity index (χ1n) is 8.58. The van der Waals surface area contributed by atoms with Crippen LogP contribution in [0.25, 0.3) is 0 Å². The van der Waals surface area contributed by atoms with Crippen molar-refractivity contribution in [1.82, 2.24) is 9.97 Å². The summed E-state index contributed by atoms with van der Waals surface area (Å²) in [5.74, 6) is 2.31. The van der Waals surface area contributed by atoms with Gasteiger partial charge in [-0.25, -0.2) is 9.97 Å². The highest BCUT2D eigenvalue weighted by atomic mass is 16.1. The van der Waals surface area contributed by atoms with Crippen LogP contribution in [0, 0.1) is 6.92 Å². The van der Waals surface area contributed by atoms with Crippen molar-refractivity contribution in [2.45, 2.75) is 45.1 Å². The molecule has 1 saturated carbocycles. The lowest BCUT2D eigenvalue weighted by Crippen LogP contribution is -2.32. The standard InChI is InChI=1S/C19H22N4O/c1-12-9-18(22-19(21-12)13-5-6-13)23-8-7-16-14(10-17(20)24)3-2-4-15(16)11-23/h2-4,9,13H,5-8,10-11H2,1H3,(H2,20,24). The zero-order valence-corrected chi connectivity index (χ0v) is 14.0. The van der Waals surface area contributed by atoms with Gasteiger partial charge in [0.1, 0.15) is 11.6 Å². The number of aryl methyl sites for hydroxylation is 1. The van der Waals surface area contributed by atoms with Gasteiger partial charge in [-0.05, 0) is 42.9 Å². The van der Waals surface area contributed by atoms with Gasteiger partial charge in [-0.15, -0.1) is 0 Å². The maximum absolute atomic E-state index is 11.3. The van der Waals surface area contributed by atoms with Crippen LogP contribution in [-0.2, 0) is 24.2 Å². The fraction of sp³-hybridized carbons (Fsp3) is 0.421. The van der Waals surface area contributed by atoms with E-state index in [2.05, 4.69) is 22.0 Å². The van der Waals surface area contributed by atoms with Gasteiger partial charge >= 0.3 is 0 Å². The molecule has 0 bridgehead atoms. The van der Waals surface area contributed by atoms with Crippen molar-refractivity contribution in [1.29, 1.82) is 0 Å². The fourth-order valence-corrected chi connectivity index (χ4v) is 3.50. The Kier molecular flexibility index (Phi) is 3.71. The van der Waals surface area contributed by atoms with E-state index in [0.29, 0.717) is 12.3 Å². The van der Waals surface area contributed by atoms with E-state index in [1.807, 2.05) is 19.1 Å². The van der Waals surface area contributed by atoms with Gasteiger partial charge in [-0.2, -0.15) is 0 Å². The molecule has 0 atom stereocenters. The summed E-state index contributed by atoms with van der Waals surface area (Å²) in [6.45, 7) is 3.77. The molecule has 1 amide bonds. The topological polar surface area (TPSA) is 72.1 Å². The van der Waals surface area contributed by atoms with Crippen LogP contribution in [0.5, 0.6) is 0 Å². The first kappa shape index (κ1) is 15.1. The van der Waals surface area contributed by atoms with Crippen LogP contribution in [0.2, 0.25) is 0 Å². The lowest BCUT2D eigenvalue weighted by atomic mass is 9.93. The van der Waals surface area contributed by atoms with Crippen LogP contribution in [-0.4, -0.2) is 22.4 Å². The number of anilines is 1. The van der Waals surface area contributed by atoms with Gasteiger partial charge in [-0.1, -0.05) is 18.2 Å². The molecule has 0 saturated heterocycles. The molecule has 1 fully saturated rings. The number of hydrogen-bond donors (Lipinski definition) is 1. The van der Waals surface area contributed by atoms with E-state index >= 15 is 0 Å². The molecule has 2 heterocycles. The number of amides is 1. The summed E-state index contributed by atoms with van der Waals surface area (Å²) in [4.78, 5) is 23.0. The molecule has 0 spiro atoms. The second-order valence-corrected chi connectivity index (χ2v) is 6.87. The molecule has 2 aliphatic rings. The van der Waals surface area contributed by atoms with E-state index in [9.17, 15) is 4.79 Å². The van der Waals surface area contributed by atoms with E-state index in [1.165, 1.54) is 24.0 Å². The number of rotatable bonds is 4. The minimum atomic E-state index is -0.272. The maximum Gasteiger partial charge on any atom is 0.221 e. The molecule has 2 N–H and O–H groups in total. The Morgan fingerprint density at radius 3 is 2.92 bits per heavy atom. The Morgan fingerprint density at radius 1 is 1.33 bits per heavy atom. The summed E-state index contributed by atoms with van der Waals surface area (Å²) in [6, 6.07) is 8.24. The summed E-state index contributed by atoms with van der Waals surface area (Å²) in [6.07, 6.45) is 3.66. The van der Waals surface area contributed by atoms with Crippen molar-refractivity contribution in [2.24, 2.45) is 5.73 Å². The zero-order valence-electron chi connectivity index (χ0n) is 14.0. The molecule has 24 heavy (non-hydrogen) atoms. The molecule has 1 aromatic heterocycles. The van der Waals surface area contributed by atoms with E-state index in [1.54, 1.807) is 0 Å². The molecule has 1 aliphatic heterocycles. The Labute approximate surface area is 141 Å². The predicted octanol–water partition coefficient (Wildman–Crippen LogP) is 2.25. The molecule has 0 unspecified atom stereocenters. The lowest BCUT2D eigenvalue weighted by molar-refractivity contribution is -0.117. The van der Waals surface area contributed by atoms with Crippen LogP contribution >= 0.6 is 0 Å². The van der Waals surface area contributed by atoms with Crippen molar-refractivity contribution in [3.8, 4) is 0 Å². The molecule has 1 aliphatic carbocycles. The average Bonchev–Trinajstić information content (AvgIpc) is 3.38. The average molecular weight is 322 g/mol. The highest BCUT2D eigenvalue weighted by molar-refractivity contribution is 5.77. The number of aromatic nitrogens is 2. The van der Waals surface area contributed by atoms with Crippen molar-refractivity contribution in [2.75, 3.05) is 11.4 Å². The zero-order chi connectivity index (χ0) is 16.7. The Bertz CT molecular complexity index is 798. The molecular formula is C19H22N4O. The summed E-state index contributed by atoms with van der Waals surface area (Å²) in [5.41, 5.74) is 10.0. The molecular weight excluding hydrogens is 300 g/mol. The van der Waals surface area contributed by atoms with Gasteiger partial charge in [0.05, 0.1) is 6.42 Å². The lowest BCUT2D eigenvalue weighted by Gasteiger charge is -2.31. The number of nitrogens with zero attached hydrogens (tertiary/aromatic N) is 3. The smallest absolute Gasteiger partial charge is 0.221 e. The minimum Gasteiger partial charge on any atom is -0.369 e. The fourth-order valence-electron chi connectivity index (χ4n) is 3.50. The predicted molar refractivity (Wildman–Crippen MR) is 92.8 cm³/mol. The monoisotopic (exact) mass is 322 g/mol. The Hall–Kier alpha value is -2.43. The second-order valence-electron chi connectivity index (χ2n) is 6.87. The normalized spacial score (nSPS) is 16.8. The summed E-state index contributed by atoms with van der Waals surface area (Å²) < 4.78 is 0. The van der Waals surface area contributed by atoms with Crippen LogP contribution in [0.4, 0.5) is 5.82 Å². The van der Waals surface area contributed by atoms with E-state index in [-0.39, 0.29) is 5.91 Å². The Balaban J connectivity index is 1.62. The molecule has 0 radical (unpaired) electrons. The molecule has 4 rings (SSSR count). The number of carbonyl (C=O) groups excluding carboxylic acids is 1. The van der Waals surface area contributed by atoms with Crippen LogP contribution < -0.4 is 10.6 Å². The van der Waals surface area contributed by atoms with Crippen LogP contribution in [0.3, 0.4) is 0 Å². The largest absolute Gasteiger partial charge is 0.369 e. The first-order valence-corrected chi connectivity index (χ1v) is 8.58. The summed E-state index contributed by atoms with van der Waals surface area (Å²) in [7, 11) is 0. The summed E-state index contributed by atoms with van der Waals surface area (Å²) in [5, 5.41) is 0. The SMILES string of the molecule is Cc1cc(N2CCc3c(CC(N)=O)cccc3C2)nc(C2CC2)n1. The third-order valence-corrected chi connectivity index (χ3v) is 4.85. The molecule has 1 aromatic carbocycles. The number of carbonyl (C=O) groups is 1. The molecule has 5 heteroatoms. The molecule has 124 valence electrons. The van der Waals surface area contributed by atoms with Crippen LogP contribution in [0.1, 0.15) is 47.0 Å². The third-order valence-electron chi connectivity index (χ3n) is 4.85. The van der Waals surface area contributed by atoms with Crippen molar-refractivity contribution < 1.29 is 4.79 Å². The van der Waals surface area contributed by atoms with E-state index in [4.69, 9.17) is 10.7 Å². The van der Waals surface area contributed by atoms with Gasteiger partial charge in [0.2, 0.25) is 5.91 Å². The maximum atomic E-state index is 11.3. The van der Waals surface area contributed by atoms with Crippen molar-refractivity contribution in [3.63, 3.8) is 0 Å². The van der Waals surface area contributed by atoms with Crippen LogP contribution in [0.15, 0.2) is 24.3 Å². The minimum absolute atomic E-state index is 0.272. The number of fused-ring (bicyclic) bond motifs is 1. The van der Waals surface area contributed by atoms with Crippen molar-refractivity contribution in [3.05, 3.63) is 52.5 Å². The highest BCUT2D eigenvalue weighted by Crippen LogP contribution is 2.39. The second kappa shape index (κ2) is 5.89. The van der Waals surface area contributed by atoms with Crippen molar-refractivity contribution >= 4 is 11.7 Å².